The lowest BCUT2D eigenvalue weighted by atomic mass is 10.4. The Morgan fingerprint density at radius 1 is 1.27 bits per heavy atom. The lowest BCUT2D eigenvalue weighted by molar-refractivity contribution is -0.192. The van der Waals surface area contributed by atoms with E-state index in [0.29, 0.717) is 24.3 Å². The molecule has 0 aromatic carbocycles. The van der Waals surface area contributed by atoms with Gasteiger partial charge in [-0.15, -0.1) is 6.58 Å². The van der Waals surface area contributed by atoms with Crippen molar-refractivity contribution in [2.45, 2.75) is 26.2 Å². The Hall–Kier alpha value is -3.09. The number of imidazole rings is 1. The van der Waals surface area contributed by atoms with Crippen LogP contribution < -0.4 is 21.5 Å². The van der Waals surface area contributed by atoms with E-state index < -0.39 is 12.1 Å². The molecule has 10 nitrogen and oxygen atoms in total. The third-order valence-electron chi connectivity index (χ3n) is 4.48. The number of rotatable bonds is 4. The summed E-state index contributed by atoms with van der Waals surface area (Å²) in [5, 5.41) is 10.4. The molecule has 2 aromatic rings. The van der Waals surface area contributed by atoms with Crippen molar-refractivity contribution in [1.82, 2.24) is 24.0 Å². The molecule has 0 saturated carbocycles. The number of aryl methyl sites for hydroxylation is 1. The lowest BCUT2D eigenvalue weighted by Crippen LogP contribution is -2.44. The number of piperazine rings is 1. The molecule has 0 aliphatic carbocycles. The molecule has 2 aromatic heterocycles. The van der Waals surface area contributed by atoms with Crippen molar-refractivity contribution in [2.75, 3.05) is 31.1 Å². The van der Waals surface area contributed by atoms with Crippen LogP contribution in [0.25, 0.3) is 11.2 Å². The first-order valence-electron chi connectivity index (χ1n) is 9.11. The second-order valence-corrected chi connectivity index (χ2v) is 6.41. The number of anilines is 1. The fraction of sp³-hybridized carbons (Fsp3) is 0.529. The van der Waals surface area contributed by atoms with Crippen LogP contribution in [0.5, 0.6) is 0 Å². The van der Waals surface area contributed by atoms with Gasteiger partial charge < -0.3 is 19.9 Å². The number of alkyl halides is 3. The van der Waals surface area contributed by atoms with E-state index in [4.69, 9.17) is 9.90 Å². The summed E-state index contributed by atoms with van der Waals surface area (Å²) in [5.74, 6) is -2.03. The van der Waals surface area contributed by atoms with Gasteiger partial charge in [0.2, 0.25) is 5.95 Å². The number of hydrogen-bond donors (Lipinski definition) is 2. The van der Waals surface area contributed by atoms with E-state index in [1.54, 1.807) is 20.0 Å². The van der Waals surface area contributed by atoms with Gasteiger partial charge in [0.25, 0.3) is 5.56 Å². The summed E-state index contributed by atoms with van der Waals surface area (Å²) in [6, 6.07) is 0. The minimum absolute atomic E-state index is 0.290. The Morgan fingerprint density at radius 2 is 1.83 bits per heavy atom. The zero-order valence-corrected chi connectivity index (χ0v) is 16.6. The highest BCUT2D eigenvalue weighted by Crippen LogP contribution is 2.20. The molecule has 2 N–H and O–H groups in total. The largest absolute Gasteiger partial charge is 0.490 e. The van der Waals surface area contributed by atoms with Gasteiger partial charge in [-0.3, -0.25) is 13.9 Å². The second kappa shape index (κ2) is 9.15. The Bertz CT molecular complexity index is 1050. The molecule has 1 aliphatic rings. The lowest BCUT2D eigenvalue weighted by Gasteiger charge is -2.28. The summed E-state index contributed by atoms with van der Waals surface area (Å²) in [4.78, 5) is 40.7. The van der Waals surface area contributed by atoms with Gasteiger partial charge in [0.1, 0.15) is 0 Å². The number of carboxylic acids is 1. The number of carbonyl (C=O) groups is 1. The van der Waals surface area contributed by atoms with Crippen LogP contribution in [-0.4, -0.2) is 62.1 Å². The van der Waals surface area contributed by atoms with Crippen molar-refractivity contribution in [3.63, 3.8) is 0 Å². The maximum atomic E-state index is 12.7. The van der Waals surface area contributed by atoms with E-state index in [9.17, 15) is 22.8 Å². The first-order chi connectivity index (χ1) is 14.0. The summed E-state index contributed by atoms with van der Waals surface area (Å²) >= 11 is 0. The van der Waals surface area contributed by atoms with E-state index in [0.717, 1.165) is 32.1 Å². The number of fused-ring (bicyclic) bond motifs is 1. The predicted octanol–water partition coefficient (Wildman–Crippen LogP) is 0.146. The fourth-order valence-electron chi connectivity index (χ4n) is 3.05. The smallest absolute Gasteiger partial charge is 0.475 e. The van der Waals surface area contributed by atoms with Gasteiger partial charge in [-0.25, -0.2) is 9.59 Å². The number of hydrogen-bond acceptors (Lipinski definition) is 6. The SMILES string of the molecule is C=CCn1c(N2CCNCC2)nc2c1c(=O)n(CC)c(=O)n2C.O=C(O)C(F)(F)F. The molecule has 1 saturated heterocycles. The number of nitrogens with one attached hydrogen (secondary N) is 1. The van der Waals surface area contributed by atoms with E-state index in [-0.39, 0.29) is 11.2 Å². The zero-order valence-electron chi connectivity index (χ0n) is 16.6. The van der Waals surface area contributed by atoms with Crippen LogP contribution >= 0.6 is 0 Å². The number of halogens is 3. The molecule has 0 unspecified atom stereocenters. The maximum absolute atomic E-state index is 12.7. The van der Waals surface area contributed by atoms with Crippen molar-refractivity contribution in [3.05, 3.63) is 33.5 Å². The van der Waals surface area contributed by atoms with Crippen LogP contribution in [-0.2, 0) is 24.9 Å². The molecule has 0 amide bonds. The Morgan fingerprint density at radius 3 is 2.30 bits per heavy atom. The van der Waals surface area contributed by atoms with Crippen LogP contribution in [0.15, 0.2) is 22.2 Å². The average Bonchev–Trinajstić information content (AvgIpc) is 3.07. The zero-order chi connectivity index (χ0) is 22.6. The second-order valence-electron chi connectivity index (χ2n) is 6.41. The number of aromatic nitrogens is 4. The third kappa shape index (κ3) is 4.56. The van der Waals surface area contributed by atoms with E-state index >= 15 is 0 Å². The van der Waals surface area contributed by atoms with Gasteiger partial charge in [0, 0.05) is 46.3 Å². The molecule has 1 fully saturated rings. The van der Waals surface area contributed by atoms with Crippen LogP contribution in [0.2, 0.25) is 0 Å². The van der Waals surface area contributed by atoms with Crippen LogP contribution in [0.1, 0.15) is 6.92 Å². The molecule has 0 radical (unpaired) electrons. The summed E-state index contributed by atoms with van der Waals surface area (Å²) in [5.41, 5.74) is 0.268. The van der Waals surface area contributed by atoms with Gasteiger partial charge in [-0.05, 0) is 6.92 Å². The molecular formula is C17H23F3N6O4. The van der Waals surface area contributed by atoms with Crippen LogP contribution in [0.4, 0.5) is 19.1 Å². The van der Waals surface area contributed by atoms with Crippen LogP contribution in [0, 0.1) is 0 Å². The van der Waals surface area contributed by atoms with Crippen molar-refractivity contribution < 1.29 is 23.1 Å². The van der Waals surface area contributed by atoms with Crippen molar-refractivity contribution in [1.29, 1.82) is 0 Å². The molecular weight excluding hydrogens is 409 g/mol. The summed E-state index contributed by atoms with van der Waals surface area (Å²) < 4.78 is 36.3. The standard InChI is InChI=1S/C15H22N6O2.C2HF3O2/c1-4-8-21-11-12(17-14(21)19-9-6-16-7-10-19)18(3)15(23)20(5-2)13(11)22;3-2(4,5)1(6)7/h4,16H,1,5-10H2,2-3H3;(H,6,7). The monoisotopic (exact) mass is 432 g/mol. The van der Waals surface area contributed by atoms with E-state index in [1.807, 2.05) is 4.57 Å². The van der Waals surface area contributed by atoms with Crippen molar-refractivity contribution in [3.8, 4) is 0 Å². The van der Waals surface area contributed by atoms with E-state index in [1.165, 1.54) is 9.13 Å². The molecule has 13 heteroatoms. The molecule has 30 heavy (non-hydrogen) atoms. The number of allylic oxidation sites excluding steroid dienone is 1. The summed E-state index contributed by atoms with van der Waals surface area (Å²) in [6.45, 7) is 9.76. The molecule has 3 heterocycles. The quantitative estimate of drug-likeness (QED) is 0.661. The fourth-order valence-corrected chi connectivity index (χ4v) is 3.05. The molecule has 0 bridgehead atoms. The first-order valence-corrected chi connectivity index (χ1v) is 9.11. The molecule has 166 valence electrons. The minimum Gasteiger partial charge on any atom is -0.475 e. The van der Waals surface area contributed by atoms with E-state index in [2.05, 4.69) is 21.8 Å². The average molecular weight is 432 g/mol. The highest BCUT2D eigenvalue weighted by atomic mass is 19.4. The topological polar surface area (TPSA) is 114 Å². The molecule has 1 aliphatic heterocycles. The highest BCUT2D eigenvalue weighted by Gasteiger charge is 2.38. The number of nitrogens with zero attached hydrogens (tertiary/aromatic N) is 5. The molecule has 0 atom stereocenters. The predicted molar refractivity (Wildman–Crippen MR) is 104 cm³/mol. The maximum Gasteiger partial charge on any atom is 0.490 e. The minimum atomic E-state index is -5.08. The Labute approximate surface area is 168 Å². The third-order valence-corrected chi connectivity index (χ3v) is 4.48. The van der Waals surface area contributed by atoms with Gasteiger partial charge in [-0.1, -0.05) is 6.08 Å². The summed E-state index contributed by atoms with van der Waals surface area (Å²) in [7, 11) is 1.66. The highest BCUT2D eigenvalue weighted by molar-refractivity contribution is 5.75. The van der Waals surface area contributed by atoms with Gasteiger partial charge >= 0.3 is 17.8 Å². The normalized spacial score (nSPS) is 14.4. The molecule has 0 spiro atoms. The first kappa shape index (κ1) is 23.2. The number of aliphatic carboxylic acids is 1. The van der Waals surface area contributed by atoms with Gasteiger partial charge in [0.05, 0.1) is 0 Å². The van der Waals surface area contributed by atoms with Crippen molar-refractivity contribution >= 4 is 23.1 Å². The Balaban J connectivity index is 0.000000396. The van der Waals surface area contributed by atoms with Crippen LogP contribution in [0.3, 0.4) is 0 Å². The molecule has 3 rings (SSSR count). The summed E-state index contributed by atoms with van der Waals surface area (Å²) in [6.07, 6.45) is -3.34. The van der Waals surface area contributed by atoms with Crippen molar-refractivity contribution in [2.24, 2.45) is 7.05 Å². The Kier molecular flexibility index (Phi) is 7.08. The van der Waals surface area contributed by atoms with Gasteiger partial charge in [-0.2, -0.15) is 18.2 Å². The van der Waals surface area contributed by atoms with Gasteiger partial charge in [0.15, 0.2) is 11.2 Å². The number of carboxylic acid groups (broad SMARTS) is 1.